The number of benzene rings is 2. The molecule has 0 aliphatic heterocycles. The van der Waals surface area contributed by atoms with Crippen molar-refractivity contribution in [2.45, 2.75) is 31.7 Å². The number of hydrogen-bond acceptors (Lipinski definition) is 1. The molecule has 21 heavy (non-hydrogen) atoms. The smallest absolute Gasteiger partial charge is 0.231 e. The highest BCUT2D eigenvalue weighted by atomic mass is 19.1. The third-order valence-corrected chi connectivity index (χ3v) is 4.27. The summed E-state index contributed by atoms with van der Waals surface area (Å²) in [5.74, 6) is -0.364. The summed E-state index contributed by atoms with van der Waals surface area (Å²) >= 11 is 0. The van der Waals surface area contributed by atoms with E-state index in [0.29, 0.717) is 24.9 Å². The van der Waals surface area contributed by atoms with Gasteiger partial charge in [-0.05, 0) is 37.0 Å². The molecule has 0 heterocycles. The Bertz CT molecular complexity index is 676. The number of halogens is 1. The van der Waals surface area contributed by atoms with E-state index in [2.05, 4.69) is 5.32 Å². The first-order chi connectivity index (χ1) is 10.1. The third kappa shape index (κ3) is 2.56. The van der Waals surface area contributed by atoms with Gasteiger partial charge in [0.2, 0.25) is 5.91 Å². The largest absolute Gasteiger partial charge is 0.351 e. The van der Waals surface area contributed by atoms with Crippen LogP contribution in [0.15, 0.2) is 48.5 Å². The Balaban J connectivity index is 1.74. The van der Waals surface area contributed by atoms with E-state index >= 15 is 0 Å². The second-order valence-electron chi connectivity index (χ2n) is 5.67. The minimum atomic E-state index is -0.659. The van der Waals surface area contributed by atoms with Crippen molar-refractivity contribution in [2.24, 2.45) is 0 Å². The lowest BCUT2D eigenvalue weighted by Crippen LogP contribution is -2.35. The zero-order valence-corrected chi connectivity index (χ0v) is 12.0. The van der Waals surface area contributed by atoms with Gasteiger partial charge >= 0.3 is 0 Å². The first kappa shape index (κ1) is 13.8. The summed E-state index contributed by atoms with van der Waals surface area (Å²) in [4.78, 5) is 12.5. The molecule has 2 nitrogen and oxygen atoms in total. The maximum absolute atomic E-state index is 13.9. The first-order valence-corrected chi connectivity index (χ1v) is 7.21. The van der Waals surface area contributed by atoms with Crippen LogP contribution in [0.2, 0.25) is 0 Å². The molecule has 108 valence electrons. The first-order valence-electron chi connectivity index (χ1n) is 7.21. The molecule has 0 radical (unpaired) electrons. The molecule has 1 fully saturated rings. The Labute approximate surface area is 124 Å². The molecule has 3 rings (SSSR count). The highest BCUT2D eigenvalue weighted by molar-refractivity contribution is 5.91. The fourth-order valence-electron chi connectivity index (χ4n) is 2.75. The zero-order valence-electron chi connectivity index (χ0n) is 12.0. The molecule has 1 N–H and O–H groups in total. The Kier molecular flexibility index (Phi) is 3.50. The standard InChI is InChI=1S/C18H18FNO/c1-13-6-2-3-7-14(13)12-20-17(21)18(10-11-18)15-8-4-5-9-16(15)19/h2-9H,10-12H2,1H3,(H,20,21). The lowest BCUT2D eigenvalue weighted by molar-refractivity contribution is -0.123. The summed E-state index contributed by atoms with van der Waals surface area (Å²) < 4.78 is 13.9. The summed E-state index contributed by atoms with van der Waals surface area (Å²) in [5, 5.41) is 2.96. The van der Waals surface area contributed by atoms with Crippen molar-refractivity contribution in [1.82, 2.24) is 5.32 Å². The van der Waals surface area contributed by atoms with Crippen molar-refractivity contribution < 1.29 is 9.18 Å². The van der Waals surface area contributed by atoms with Gasteiger partial charge < -0.3 is 5.32 Å². The topological polar surface area (TPSA) is 29.1 Å². The summed E-state index contributed by atoms with van der Waals surface area (Å²) in [6.07, 6.45) is 1.43. The van der Waals surface area contributed by atoms with Crippen molar-refractivity contribution >= 4 is 5.91 Å². The van der Waals surface area contributed by atoms with E-state index in [1.54, 1.807) is 18.2 Å². The molecule has 0 bridgehead atoms. The SMILES string of the molecule is Cc1ccccc1CNC(=O)C1(c2ccccc2F)CC1. The maximum Gasteiger partial charge on any atom is 0.231 e. The van der Waals surface area contributed by atoms with Crippen molar-refractivity contribution in [1.29, 1.82) is 0 Å². The van der Waals surface area contributed by atoms with Crippen LogP contribution >= 0.6 is 0 Å². The molecule has 2 aromatic rings. The van der Waals surface area contributed by atoms with Crippen LogP contribution in [-0.4, -0.2) is 5.91 Å². The van der Waals surface area contributed by atoms with E-state index < -0.39 is 5.41 Å². The number of amides is 1. The Morgan fingerprint density at radius 1 is 1.14 bits per heavy atom. The van der Waals surface area contributed by atoms with Crippen molar-refractivity contribution in [2.75, 3.05) is 0 Å². The quantitative estimate of drug-likeness (QED) is 0.914. The molecule has 0 saturated heterocycles. The molecule has 0 unspecified atom stereocenters. The van der Waals surface area contributed by atoms with Crippen LogP contribution in [0.25, 0.3) is 0 Å². The number of aryl methyl sites for hydroxylation is 1. The second-order valence-corrected chi connectivity index (χ2v) is 5.67. The van der Waals surface area contributed by atoms with Gasteiger partial charge in [0, 0.05) is 12.1 Å². The Hall–Kier alpha value is -2.16. The van der Waals surface area contributed by atoms with Gasteiger partial charge in [0.15, 0.2) is 0 Å². The van der Waals surface area contributed by atoms with Gasteiger partial charge in [0.1, 0.15) is 5.82 Å². The van der Waals surface area contributed by atoms with Crippen LogP contribution in [0.5, 0.6) is 0 Å². The molecular weight excluding hydrogens is 265 g/mol. The summed E-state index contributed by atoms with van der Waals surface area (Å²) in [5.41, 5.74) is 2.10. The molecule has 2 aromatic carbocycles. The van der Waals surface area contributed by atoms with Crippen LogP contribution in [0.3, 0.4) is 0 Å². The van der Waals surface area contributed by atoms with Gasteiger partial charge in [0.05, 0.1) is 5.41 Å². The minimum Gasteiger partial charge on any atom is -0.351 e. The second kappa shape index (κ2) is 5.32. The highest BCUT2D eigenvalue weighted by Gasteiger charge is 2.52. The van der Waals surface area contributed by atoms with E-state index in [0.717, 1.165) is 11.1 Å². The predicted molar refractivity (Wildman–Crippen MR) is 80.3 cm³/mol. The van der Waals surface area contributed by atoms with Crippen molar-refractivity contribution in [3.05, 3.63) is 71.0 Å². The van der Waals surface area contributed by atoms with E-state index in [4.69, 9.17) is 0 Å². The average molecular weight is 283 g/mol. The number of nitrogens with one attached hydrogen (secondary N) is 1. The lowest BCUT2D eigenvalue weighted by Gasteiger charge is -2.17. The van der Waals surface area contributed by atoms with Crippen LogP contribution in [0.1, 0.15) is 29.5 Å². The van der Waals surface area contributed by atoms with Gasteiger partial charge in [-0.15, -0.1) is 0 Å². The fourth-order valence-corrected chi connectivity index (χ4v) is 2.75. The van der Waals surface area contributed by atoms with Crippen LogP contribution in [0.4, 0.5) is 4.39 Å². The highest BCUT2D eigenvalue weighted by Crippen LogP contribution is 2.49. The van der Waals surface area contributed by atoms with Crippen LogP contribution < -0.4 is 5.32 Å². The van der Waals surface area contributed by atoms with Gasteiger partial charge in [-0.1, -0.05) is 42.5 Å². The molecule has 3 heteroatoms. The monoisotopic (exact) mass is 283 g/mol. The van der Waals surface area contributed by atoms with Crippen molar-refractivity contribution in [3.63, 3.8) is 0 Å². The van der Waals surface area contributed by atoms with Crippen molar-refractivity contribution in [3.8, 4) is 0 Å². The van der Waals surface area contributed by atoms with E-state index in [1.165, 1.54) is 6.07 Å². The molecule has 0 atom stereocenters. The van der Waals surface area contributed by atoms with Gasteiger partial charge in [-0.3, -0.25) is 4.79 Å². The van der Waals surface area contributed by atoms with Crippen LogP contribution in [-0.2, 0) is 16.8 Å². The Morgan fingerprint density at radius 3 is 2.48 bits per heavy atom. The summed E-state index contributed by atoms with van der Waals surface area (Å²) in [7, 11) is 0. The maximum atomic E-state index is 13.9. The molecule has 0 spiro atoms. The van der Waals surface area contributed by atoms with Crippen LogP contribution in [0, 0.1) is 12.7 Å². The lowest BCUT2D eigenvalue weighted by atomic mass is 9.94. The van der Waals surface area contributed by atoms with Gasteiger partial charge in [0.25, 0.3) is 0 Å². The predicted octanol–water partition coefficient (Wildman–Crippen LogP) is 3.48. The number of carbonyl (C=O) groups excluding carboxylic acids is 1. The Morgan fingerprint density at radius 2 is 1.81 bits per heavy atom. The minimum absolute atomic E-state index is 0.0733. The summed E-state index contributed by atoms with van der Waals surface area (Å²) in [6.45, 7) is 2.51. The van der Waals surface area contributed by atoms with E-state index in [-0.39, 0.29) is 11.7 Å². The number of rotatable bonds is 4. The number of hydrogen-bond donors (Lipinski definition) is 1. The molecule has 0 aromatic heterocycles. The average Bonchev–Trinajstić information content (AvgIpc) is 3.28. The van der Waals surface area contributed by atoms with Gasteiger partial charge in [-0.25, -0.2) is 4.39 Å². The zero-order chi connectivity index (χ0) is 14.9. The number of carbonyl (C=O) groups is 1. The third-order valence-electron chi connectivity index (χ3n) is 4.27. The fraction of sp³-hybridized carbons (Fsp3) is 0.278. The van der Waals surface area contributed by atoms with E-state index in [1.807, 2.05) is 31.2 Å². The molecule has 1 aliphatic carbocycles. The molecule has 1 saturated carbocycles. The molecule has 1 amide bonds. The molecule has 1 aliphatic rings. The van der Waals surface area contributed by atoms with Gasteiger partial charge in [-0.2, -0.15) is 0 Å². The summed E-state index contributed by atoms with van der Waals surface area (Å²) in [6, 6.07) is 14.5. The van der Waals surface area contributed by atoms with E-state index in [9.17, 15) is 9.18 Å². The normalized spacial score (nSPS) is 15.5. The molecular formula is C18H18FNO.